The van der Waals surface area contributed by atoms with E-state index in [1.54, 1.807) is 6.92 Å². The molecule has 1 saturated heterocycles. The maximum absolute atomic E-state index is 12.0. The van der Waals surface area contributed by atoms with E-state index >= 15 is 0 Å². The lowest BCUT2D eigenvalue weighted by atomic mass is 9.95. The molecule has 0 spiro atoms. The van der Waals surface area contributed by atoms with E-state index in [2.05, 4.69) is 0 Å². The molecular weight excluding hydrogens is 266 g/mol. The van der Waals surface area contributed by atoms with Crippen LogP contribution in [-0.4, -0.2) is 37.8 Å². The van der Waals surface area contributed by atoms with Crippen molar-refractivity contribution >= 4 is 0 Å². The minimum Gasteiger partial charge on any atom is -0.393 e. The first-order valence-electron chi connectivity index (χ1n) is 6.43. The normalized spacial score (nSPS) is 29.8. The summed E-state index contributed by atoms with van der Waals surface area (Å²) in [7, 11) is 0. The van der Waals surface area contributed by atoms with Crippen LogP contribution in [0, 0.1) is 6.92 Å². The molecule has 1 aromatic heterocycles. The Morgan fingerprint density at radius 2 is 2.20 bits per heavy atom. The lowest BCUT2D eigenvalue weighted by molar-refractivity contribution is -0.130. The molecule has 0 radical (unpaired) electrons. The van der Waals surface area contributed by atoms with Crippen LogP contribution in [0.4, 0.5) is 0 Å². The molecule has 0 amide bonds. The number of nitrogens with two attached hydrogens (primary N) is 1. The maximum Gasteiger partial charge on any atom is 0.351 e. The Kier molecular flexibility index (Phi) is 3.72. The third-order valence-electron chi connectivity index (χ3n) is 3.90. The van der Waals surface area contributed by atoms with E-state index in [4.69, 9.17) is 10.6 Å². The first-order chi connectivity index (χ1) is 9.36. The second-order valence-corrected chi connectivity index (χ2v) is 5.08. The molecule has 20 heavy (non-hydrogen) atoms. The molecular formula is C12H19N3O5. The molecule has 4 N–H and O–H groups in total. The van der Waals surface area contributed by atoms with Gasteiger partial charge >= 0.3 is 5.69 Å². The summed E-state index contributed by atoms with van der Waals surface area (Å²) < 4.78 is 7.35. The van der Waals surface area contributed by atoms with Crippen LogP contribution in [0.1, 0.15) is 31.6 Å². The third-order valence-corrected chi connectivity index (χ3v) is 3.90. The summed E-state index contributed by atoms with van der Waals surface area (Å²) in [5.74, 6) is 5.42. The van der Waals surface area contributed by atoms with Gasteiger partial charge in [0.2, 0.25) is 0 Å². The summed E-state index contributed by atoms with van der Waals surface area (Å²) in [5.41, 5.74) is -2.09. The van der Waals surface area contributed by atoms with Crippen LogP contribution in [0.15, 0.2) is 15.8 Å². The number of aliphatic hydroxyl groups is 2. The van der Waals surface area contributed by atoms with Crippen molar-refractivity contribution in [1.29, 1.82) is 0 Å². The maximum atomic E-state index is 12.0. The lowest BCUT2D eigenvalue weighted by Crippen LogP contribution is -2.46. The Hall–Kier alpha value is -1.64. The first-order valence-corrected chi connectivity index (χ1v) is 6.43. The van der Waals surface area contributed by atoms with Gasteiger partial charge < -0.3 is 20.8 Å². The van der Waals surface area contributed by atoms with Crippen LogP contribution in [0.3, 0.4) is 0 Å². The van der Waals surface area contributed by atoms with Gasteiger partial charge in [0.05, 0.1) is 12.7 Å². The molecule has 0 aliphatic carbocycles. The fourth-order valence-corrected chi connectivity index (χ4v) is 2.47. The predicted octanol–water partition coefficient (Wildman–Crippen LogP) is -1.55. The van der Waals surface area contributed by atoms with E-state index in [1.165, 1.54) is 17.7 Å². The second kappa shape index (κ2) is 5.04. The molecule has 2 heterocycles. The summed E-state index contributed by atoms with van der Waals surface area (Å²) in [6.45, 7) is 2.96. The van der Waals surface area contributed by atoms with Crippen molar-refractivity contribution in [2.45, 2.75) is 44.6 Å². The number of aromatic nitrogens is 2. The number of aryl methyl sites for hydroxylation is 1. The molecule has 1 fully saturated rings. The zero-order valence-electron chi connectivity index (χ0n) is 11.4. The Labute approximate surface area is 115 Å². The van der Waals surface area contributed by atoms with Crippen molar-refractivity contribution in [3.8, 4) is 0 Å². The fraction of sp³-hybridized carbons (Fsp3) is 0.667. The summed E-state index contributed by atoms with van der Waals surface area (Å²) in [6, 6.07) is 0. The van der Waals surface area contributed by atoms with E-state index in [0.717, 1.165) is 0 Å². The van der Waals surface area contributed by atoms with Gasteiger partial charge in [-0.2, -0.15) is 4.68 Å². The summed E-state index contributed by atoms with van der Waals surface area (Å²) in [4.78, 5) is 23.6. The molecule has 1 aromatic rings. The quantitative estimate of drug-likeness (QED) is 0.579. The Bertz CT molecular complexity index is 616. The van der Waals surface area contributed by atoms with E-state index < -0.39 is 29.2 Å². The number of aliphatic hydroxyl groups excluding tert-OH is 2. The Morgan fingerprint density at radius 1 is 1.55 bits per heavy atom. The van der Waals surface area contributed by atoms with Crippen LogP contribution in [0.2, 0.25) is 0 Å². The van der Waals surface area contributed by atoms with E-state index in [9.17, 15) is 19.8 Å². The van der Waals surface area contributed by atoms with Crippen molar-refractivity contribution in [1.82, 2.24) is 9.24 Å². The van der Waals surface area contributed by atoms with Crippen LogP contribution in [-0.2, 0) is 4.74 Å². The highest BCUT2D eigenvalue weighted by Gasteiger charge is 2.47. The van der Waals surface area contributed by atoms with Gasteiger partial charge in [-0.1, -0.05) is 6.92 Å². The topological polar surface area (TPSA) is 120 Å². The summed E-state index contributed by atoms with van der Waals surface area (Å²) in [5, 5.41) is 19.5. The minimum atomic E-state index is -1.09. The zero-order valence-corrected chi connectivity index (χ0v) is 11.4. The molecule has 8 heteroatoms. The highest BCUT2D eigenvalue weighted by molar-refractivity contribution is 5.04. The zero-order chi connectivity index (χ0) is 15.1. The van der Waals surface area contributed by atoms with Crippen LogP contribution in [0.25, 0.3) is 0 Å². The van der Waals surface area contributed by atoms with Crippen LogP contribution < -0.4 is 17.1 Å². The smallest absolute Gasteiger partial charge is 0.351 e. The Morgan fingerprint density at radius 3 is 2.70 bits per heavy atom. The van der Waals surface area contributed by atoms with Gasteiger partial charge in [-0.15, -0.1) is 0 Å². The molecule has 0 bridgehead atoms. The van der Waals surface area contributed by atoms with Gasteiger partial charge in [-0.3, -0.25) is 9.36 Å². The number of rotatable bonds is 3. The first kappa shape index (κ1) is 14.8. The number of nitrogen functional groups attached to an aromatic ring is 1. The monoisotopic (exact) mass is 285 g/mol. The van der Waals surface area contributed by atoms with Crippen molar-refractivity contribution < 1.29 is 14.9 Å². The van der Waals surface area contributed by atoms with E-state index in [0.29, 0.717) is 16.7 Å². The van der Waals surface area contributed by atoms with Gasteiger partial charge in [0, 0.05) is 18.2 Å². The average molecular weight is 285 g/mol. The van der Waals surface area contributed by atoms with E-state index in [1.807, 2.05) is 0 Å². The molecule has 3 atom stereocenters. The standard InChI is InChI=1S/C12H19N3O5/c1-3-12(6-16)8(17)4-9(20-12)14-5-7(2)10(18)15(13)11(14)19/h5,8-9,16-17H,3-4,6,13H2,1-2H3/t8?,9-,12-/m1/s1. The number of ether oxygens (including phenoxy) is 1. The highest BCUT2D eigenvalue weighted by Crippen LogP contribution is 2.37. The van der Waals surface area contributed by atoms with Crippen molar-refractivity contribution in [3.63, 3.8) is 0 Å². The molecule has 1 aliphatic heterocycles. The largest absolute Gasteiger partial charge is 0.393 e. The van der Waals surface area contributed by atoms with Crippen LogP contribution >= 0.6 is 0 Å². The van der Waals surface area contributed by atoms with Gasteiger partial charge in [0.15, 0.2) is 0 Å². The van der Waals surface area contributed by atoms with Crippen LogP contribution in [0.5, 0.6) is 0 Å². The number of hydrogen-bond acceptors (Lipinski definition) is 6. The minimum absolute atomic E-state index is 0.145. The lowest BCUT2D eigenvalue weighted by Gasteiger charge is -2.28. The predicted molar refractivity (Wildman–Crippen MR) is 70.7 cm³/mol. The molecule has 112 valence electrons. The second-order valence-electron chi connectivity index (χ2n) is 5.08. The number of hydrogen-bond donors (Lipinski definition) is 3. The van der Waals surface area contributed by atoms with Gasteiger partial charge in [0.25, 0.3) is 5.56 Å². The van der Waals surface area contributed by atoms with E-state index in [-0.39, 0.29) is 13.0 Å². The fourth-order valence-electron chi connectivity index (χ4n) is 2.47. The molecule has 0 aromatic carbocycles. The molecule has 1 unspecified atom stereocenters. The van der Waals surface area contributed by atoms with Crippen molar-refractivity contribution in [3.05, 3.63) is 32.6 Å². The van der Waals surface area contributed by atoms with Crippen molar-refractivity contribution in [2.24, 2.45) is 0 Å². The molecule has 0 saturated carbocycles. The molecule has 2 rings (SSSR count). The molecule has 8 nitrogen and oxygen atoms in total. The summed E-state index contributed by atoms with van der Waals surface area (Å²) in [6.07, 6.45) is 0.240. The average Bonchev–Trinajstić information content (AvgIpc) is 2.78. The van der Waals surface area contributed by atoms with Gasteiger partial charge in [-0.25, -0.2) is 4.79 Å². The third kappa shape index (κ3) is 2.05. The summed E-state index contributed by atoms with van der Waals surface area (Å²) >= 11 is 0. The van der Waals surface area contributed by atoms with Gasteiger partial charge in [-0.05, 0) is 13.3 Å². The Balaban J connectivity index is 2.46. The highest BCUT2D eigenvalue weighted by atomic mass is 16.6. The van der Waals surface area contributed by atoms with Gasteiger partial charge in [0.1, 0.15) is 11.8 Å². The number of nitrogens with zero attached hydrogens (tertiary/aromatic N) is 2. The van der Waals surface area contributed by atoms with Crippen molar-refractivity contribution in [2.75, 3.05) is 12.4 Å². The SMILES string of the molecule is CC[C@]1(CO)O[C@@H](n2cc(C)c(=O)n(N)c2=O)CC1O. The molecule has 1 aliphatic rings.